The SMILES string of the molecule is c1cnc2c(c1)Cn1c-2c[n+]2cc3cccnn3c12. The van der Waals surface area contributed by atoms with Gasteiger partial charge in [-0.05, 0) is 18.2 Å². The van der Waals surface area contributed by atoms with Gasteiger partial charge in [-0.25, -0.2) is 8.97 Å². The molecule has 1 aliphatic rings. The van der Waals surface area contributed by atoms with Crippen LogP contribution in [0.3, 0.4) is 0 Å². The molecule has 0 unspecified atom stereocenters. The number of hydrogen-bond donors (Lipinski definition) is 0. The van der Waals surface area contributed by atoms with Crippen molar-refractivity contribution in [2.75, 3.05) is 0 Å². The monoisotopic (exact) mass is 248 g/mol. The molecule has 0 fully saturated rings. The molecule has 0 saturated carbocycles. The first-order valence-electron chi connectivity index (χ1n) is 6.23. The quantitative estimate of drug-likeness (QED) is 0.387. The molecular weight excluding hydrogens is 238 g/mol. The molecular formula is C14H10N5+. The number of hydrogen-bond acceptors (Lipinski definition) is 2. The van der Waals surface area contributed by atoms with Crippen LogP contribution < -0.4 is 4.40 Å². The molecule has 5 heteroatoms. The summed E-state index contributed by atoms with van der Waals surface area (Å²) in [5.41, 5.74) is 4.60. The van der Waals surface area contributed by atoms with E-state index in [-0.39, 0.29) is 0 Å². The largest absolute Gasteiger partial charge is 0.394 e. The zero-order valence-corrected chi connectivity index (χ0v) is 10.1. The van der Waals surface area contributed by atoms with Crippen LogP contribution in [0.25, 0.3) is 22.7 Å². The van der Waals surface area contributed by atoms with Crippen LogP contribution in [0.2, 0.25) is 0 Å². The topological polar surface area (TPSA) is 39.2 Å². The lowest BCUT2D eigenvalue weighted by atomic mass is 10.2. The summed E-state index contributed by atoms with van der Waals surface area (Å²) in [6.45, 7) is 0.859. The van der Waals surface area contributed by atoms with Crippen LogP contribution in [-0.4, -0.2) is 19.2 Å². The summed E-state index contributed by atoms with van der Waals surface area (Å²) in [7, 11) is 0. The summed E-state index contributed by atoms with van der Waals surface area (Å²) in [6, 6.07) is 8.14. The van der Waals surface area contributed by atoms with Gasteiger partial charge in [0.15, 0.2) is 11.2 Å². The fourth-order valence-electron chi connectivity index (χ4n) is 2.93. The van der Waals surface area contributed by atoms with E-state index in [1.807, 2.05) is 29.0 Å². The lowest BCUT2D eigenvalue weighted by molar-refractivity contribution is -0.508. The maximum absolute atomic E-state index is 4.49. The fourth-order valence-corrected chi connectivity index (χ4v) is 2.93. The lowest BCUT2D eigenvalue weighted by Gasteiger charge is -1.92. The molecule has 4 aromatic rings. The average molecular weight is 248 g/mol. The molecule has 0 N–H and O–H groups in total. The Balaban J connectivity index is 1.94. The Hall–Kier alpha value is -2.69. The van der Waals surface area contributed by atoms with Gasteiger partial charge in [0.25, 0.3) is 0 Å². The van der Waals surface area contributed by atoms with Crippen molar-refractivity contribution < 1.29 is 4.40 Å². The van der Waals surface area contributed by atoms with Gasteiger partial charge in [-0.1, -0.05) is 6.07 Å². The summed E-state index contributed by atoms with van der Waals surface area (Å²) in [4.78, 5) is 4.49. The normalized spacial score (nSPS) is 13.1. The van der Waals surface area contributed by atoms with Gasteiger partial charge in [0.05, 0.1) is 12.7 Å². The Morgan fingerprint density at radius 3 is 3.05 bits per heavy atom. The van der Waals surface area contributed by atoms with E-state index in [1.165, 1.54) is 5.56 Å². The minimum Gasteiger partial charge on any atom is -0.253 e. The van der Waals surface area contributed by atoms with Crippen molar-refractivity contribution in [3.8, 4) is 11.4 Å². The second-order valence-corrected chi connectivity index (χ2v) is 4.81. The number of fused-ring (bicyclic) bond motifs is 7. The summed E-state index contributed by atoms with van der Waals surface area (Å²) < 4.78 is 6.35. The van der Waals surface area contributed by atoms with E-state index < -0.39 is 0 Å². The van der Waals surface area contributed by atoms with Crippen LogP contribution in [-0.2, 0) is 6.54 Å². The van der Waals surface area contributed by atoms with E-state index in [2.05, 4.69) is 43.6 Å². The highest BCUT2D eigenvalue weighted by molar-refractivity contribution is 5.65. The summed E-state index contributed by atoms with van der Waals surface area (Å²) in [5, 5.41) is 4.44. The average Bonchev–Trinajstić information content (AvgIpc) is 3.05. The minimum absolute atomic E-state index is 0.859. The predicted octanol–water partition coefficient (Wildman–Crippen LogP) is 1.30. The molecule has 0 aromatic carbocycles. The Bertz CT molecular complexity index is 947. The van der Waals surface area contributed by atoms with Gasteiger partial charge in [0, 0.05) is 11.8 Å². The first-order valence-corrected chi connectivity index (χ1v) is 6.23. The number of rotatable bonds is 0. The Labute approximate surface area is 108 Å². The Morgan fingerprint density at radius 1 is 1.11 bits per heavy atom. The highest BCUT2D eigenvalue weighted by Crippen LogP contribution is 2.30. The van der Waals surface area contributed by atoms with Gasteiger partial charge >= 0.3 is 5.78 Å². The second-order valence-electron chi connectivity index (χ2n) is 4.81. The number of aromatic nitrogens is 5. The van der Waals surface area contributed by atoms with E-state index in [1.54, 1.807) is 0 Å². The second kappa shape index (κ2) is 3.00. The van der Waals surface area contributed by atoms with Crippen molar-refractivity contribution in [3.63, 3.8) is 0 Å². The van der Waals surface area contributed by atoms with Gasteiger partial charge in [-0.15, -0.1) is 9.61 Å². The van der Waals surface area contributed by atoms with Gasteiger partial charge in [-0.2, -0.15) is 0 Å². The molecule has 0 bridgehead atoms. The molecule has 0 amide bonds. The van der Waals surface area contributed by atoms with Crippen LogP contribution in [0.4, 0.5) is 0 Å². The molecule has 5 heterocycles. The smallest absolute Gasteiger partial charge is 0.253 e. The molecule has 19 heavy (non-hydrogen) atoms. The first kappa shape index (κ1) is 9.27. The van der Waals surface area contributed by atoms with Crippen molar-refractivity contribution in [1.82, 2.24) is 19.2 Å². The van der Waals surface area contributed by atoms with Crippen LogP contribution in [0.1, 0.15) is 5.56 Å². The fraction of sp³-hybridized carbons (Fsp3) is 0.0714. The summed E-state index contributed by atoms with van der Waals surface area (Å²) >= 11 is 0. The molecule has 4 aromatic heterocycles. The molecule has 0 atom stereocenters. The molecule has 0 radical (unpaired) electrons. The molecule has 5 nitrogen and oxygen atoms in total. The van der Waals surface area contributed by atoms with Crippen LogP contribution >= 0.6 is 0 Å². The molecule has 90 valence electrons. The van der Waals surface area contributed by atoms with Crippen molar-refractivity contribution in [2.24, 2.45) is 0 Å². The van der Waals surface area contributed by atoms with E-state index >= 15 is 0 Å². The third kappa shape index (κ3) is 1.03. The molecule has 1 aliphatic heterocycles. The maximum Gasteiger partial charge on any atom is 0.394 e. The molecule has 0 saturated heterocycles. The van der Waals surface area contributed by atoms with Gasteiger partial charge < -0.3 is 0 Å². The van der Waals surface area contributed by atoms with Crippen molar-refractivity contribution in [3.05, 3.63) is 54.6 Å². The Morgan fingerprint density at radius 2 is 2.05 bits per heavy atom. The van der Waals surface area contributed by atoms with Crippen LogP contribution in [0.5, 0.6) is 0 Å². The standard InChI is InChI=1S/C14H10N5/c1-3-10-7-18-12(13(10)15-5-1)9-17-8-11-4-2-6-16-19(11)14(17)18/h1-6,8-9H,7H2/q+1. The maximum atomic E-state index is 4.49. The van der Waals surface area contributed by atoms with Crippen molar-refractivity contribution in [2.45, 2.75) is 6.54 Å². The van der Waals surface area contributed by atoms with E-state index in [0.717, 1.165) is 29.2 Å². The van der Waals surface area contributed by atoms with Crippen LogP contribution in [0, 0.1) is 0 Å². The molecule has 0 spiro atoms. The number of nitrogens with zero attached hydrogens (tertiary/aromatic N) is 5. The zero-order chi connectivity index (χ0) is 12.4. The van der Waals surface area contributed by atoms with E-state index in [0.29, 0.717) is 0 Å². The van der Waals surface area contributed by atoms with E-state index in [4.69, 9.17) is 0 Å². The summed E-state index contributed by atoms with van der Waals surface area (Å²) in [5.74, 6) is 1.07. The highest BCUT2D eigenvalue weighted by Gasteiger charge is 2.30. The van der Waals surface area contributed by atoms with Gasteiger partial charge in [0.1, 0.15) is 18.1 Å². The van der Waals surface area contributed by atoms with Gasteiger partial charge in [0.2, 0.25) is 0 Å². The lowest BCUT2D eigenvalue weighted by Crippen LogP contribution is -2.16. The van der Waals surface area contributed by atoms with Crippen molar-refractivity contribution >= 4 is 11.3 Å². The first-order chi connectivity index (χ1) is 9.42. The Kier molecular flexibility index (Phi) is 1.46. The summed E-state index contributed by atoms with van der Waals surface area (Å²) in [6.07, 6.45) is 7.88. The minimum atomic E-state index is 0.859. The van der Waals surface area contributed by atoms with Gasteiger partial charge in [-0.3, -0.25) is 4.98 Å². The van der Waals surface area contributed by atoms with Crippen molar-refractivity contribution in [1.29, 1.82) is 0 Å². The molecule has 5 rings (SSSR count). The predicted molar refractivity (Wildman–Crippen MR) is 68.7 cm³/mol. The van der Waals surface area contributed by atoms with E-state index in [9.17, 15) is 0 Å². The third-order valence-corrected chi connectivity index (χ3v) is 3.73. The van der Waals surface area contributed by atoms with Crippen LogP contribution in [0.15, 0.2) is 49.1 Å². The zero-order valence-electron chi connectivity index (χ0n) is 10.1. The highest BCUT2D eigenvalue weighted by atomic mass is 15.3. The third-order valence-electron chi connectivity index (χ3n) is 3.73. The molecule has 0 aliphatic carbocycles. The number of pyridine rings is 1. The number of imidazole rings is 2.